The number of hydrogen-bond donors (Lipinski definition) is 1. The quantitative estimate of drug-likeness (QED) is 0.673. The van der Waals surface area contributed by atoms with Crippen molar-refractivity contribution in [1.29, 1.82) is 0 Å². The van der Waals surface area contributed by atoms with E-state index in [-0.39, 0.29) is 10.6 Å². The second kappa shape index (κ2) is 5.71. The summed E-state index contributed by atoms with van der Waals surface area (Å²) in [5.41, 5.74) is 2.56. The van der Waals surface area contributed by atoms with E-state index in [0.29, 0.717) is 17.1 Å². The van der Waals surface area contributed by atoms with Gasteiger partial charge in [0, 0.05) is 18.2 Å². The molecular weight excluding hydrogens is 264 g/mol. The summed E-state index contributed by atoms with van der Waals surface area (Å²) in [6, 6.07) is 12.3. The molecular formula is C14H13ClN2O2. The molecule has 0 radical (unpaired) electrons. The van der Waals surface area contributed by atoms with Crippen molar-refractivity contribution in [3.05, 3.63) is 68.7 Å². The van der Waals surface area contributed by atoms with E-state index in [1.54, 1.807) is 24.3 Å². The van der Waals surface area contributed by atoms with Crippen LogP contribution in [0.15, 0.2) is 42.5 Å². The van der Waals surface area contributed by atoms with Crippen LogP contribution in [-0.4, -0.2) is 4.92 Å². The van der Waals surface area contributed by atoms with Crippen molar-refractivity contribution in [3.63, 3.8) is 0 Å². The van der Waals surface area contributed by atoms with Gasteiger partial charge in [-0.3, -0.25) is 10.1 Å². The van der Waals surface area contributed by atoms with E-state index < -0.39 is 0 Å². The fraction of sp³-hybridized carbons (Fsp3) is 0.143. The third kappa shape index (κ3) is 3.03. The molecule has 0 heterocycles. The predicted molar refractivity (Wildman–Crippen MR) is 76.6 cm³/mol. The molecule has 0 aliphatic heterocycles. The Labute approximate surface area is 116 Å². The van der Waals surface area contributed by atoms with Crippen LogP contribution >= 0.6 is 11.6 Å². The van der Waals surface area contributed by atoms with Gasteiger partial charge in [-0.15, -0.1) is 0 Å². The second-order valence-electron chi connectivity index (χ2n) is 4.17. The van der Waals surface area contributed by atoms with E-state index in [0.717, 1.165) is 11.3 Å². The number of aryl methyl sites for hydroxylation is 1. The molecule has 4 nitrogen and oxygen atoms in total. The van der Waals surface area contributed by atoms with Crippen molar-refractivity contribution >= 4 is 23.0 Å². The first-order valence-electron chi connectivity index (χ1n) is 5.81. The van der Waals surface area contributed by atoms with E-state index in [2.05, 4.69) is 5.32 Å². The van der Waals surface area contributed by atoms with E-state index >= 15 is 0 Å². The van der Waals surface area contributed by atoms with Crippen LogP contribution in [0.4, 0.5) is 11.4 Å². The van der Waals surface area contributed by atoms with Crippen molar-refractivity contribution in [2.45, 2.75) is 13.5 Å². The zero-order valence-corrected chi connectivity index (χ0v) is 11.1. The molecule has 2 aromatic carbocycles. The van der Waals surface area contributed by atoms with E-state index in [1.807, 2.05) is 19.1 Å². The third-order valence-corrected chi connectivity index (χ3v) is 3.18. The average Bonchev–Trinajstić information content (AvgIpc) is 2.38. The number of rotatable bonds is 4. The summed E-state index contributed by atoms with van der Waals surface area (Å²) >= 11 is 6.10. The summed E-state index contributed by atoms with van der Waals surface area (Å²) in [5, 5.41) is 14.7. The Morgan fingerprint density at radius 1 is 1.21 bits per heavy atom. The monoisotopic (exact) mass is 276 g/mol. The minimum Gasteiger partial charge on any atom is -0.379 e. The summed E-state index contributed by atoms with van der Waals surface area (Å²) in [6.07, 6.45) is 0. The first-order chi connectivity index (χ1) is 9.09. The van der Waals surface area contributed by atoms with Crippen molar-refractivity contribution in [1.82, 2.24) is 0 Å². The van der Waals surface area contributed by atoms with Gasteiger partial charge in [-0.2, -0.15) is 0 Å². The fourth-order valence-corrected chi connectivity index (χ4v) is 2.17. The Bertz CT molecular complexity index is 594. The molecule has 2 rings (SSSR count). The van der Waals surface area contributed by atoms with Gasteiger partial charge < -0.3 is 5.32 Å². The van der Waals surface area contributed by atoms with Gasteiger partial charge in [0.1, 0.15) is 0 Å². The number of nitro groups is 1. The second-order valence-corrected chi connectivity index (χ2v) is 4.58. The highest BCUT2D eigenvalue weighted by Gasteiger charge is 2.12. The molecule has 5 heteroatoms. The predicted octanol–water partition coefficient (Wildman–Crippen LogP) is 4.17. The smallest absolute Gasteiger partial charge is 0.274 e. The maximum absolute atomic E-state index is 10.9. The molecule has 0 spiro atoms. The number of para-hydroxylation sites is 2. The Morgan fingerprint density at radius 3 is 2.63 bits per heavy atom. The van der Waals surface area contributed by atoms with Crippen LogP contribution in [0.5, 0.6) is 0 Å². The lowest BCUT2D eigenvalue weighted by Crippen LogP contribution is -2.04. The van der Waals surface area contributed by atoms with Crippen molar-refractivity contribution in [2.75, 3.05) is 5.32 Å². The molecule has 0 unspecified atom stereocenters. The van der Waals surface area contributed by atoms with Gasteiger partial charge in [-0.25, -0.2) is 0 Å². The highest BCUT2D eigenvalue weighted by atomic mass is 35.5. The summed E-state index contributed by atoms with van der Waals surface area (Å²) in [6.45, 7) is 2.30. The molecule has 0 aromatic heterocycles. The number of nitrogens with one attached hydrogen (secondary N) is 1. The molecule has 0 aliphatic carbocycles. The maximum Gasteiger partial charge on any atom is 0.274 e. The van der Waals surface area contributed by atoms with Crippen molar-refractivity contribution in [3.8, 4) is 0 Å². The zero-order chi connectivity index (χ0) is 13.8. The molecule has 98 valence electrons. The van der Waals surface area contributed by atoms with Crippen LogP contribution in [-0.2, 0) is 6.54 Å². The van der Waals surface area contributed by atoms with Crippen LogP contribution in [0.3, 0.4) is 0 Å². The Balaban J connectivity index is 2.22. The molecule has 19 heavy (non-hydrogen) atoms. The highest BCUT2D eigenvalue weighted by Crippen LogP contribution is 2.27. The normalized spacial score (nSPS) is 10.2. The van der Waals surface area contributed by atoms with Crippen LogP contribution in [0.1, 0.15) is 11.1 Å². The maximum atomic E-state index is 10.9. The summed E-state index contributed by atoms with van der Waals surface area (Å²) in [4.78, 5) is 10.5. The molecule has 0 atom stereocenters. The molecule has 0 aliphatic rings. The standard InChI is InChI=1S/C14H13ClN2O2/c1-10-5-4-7-12(15)14(10)16-9-11-6-2-3-8-13(11)17(18)19/h2-8,16H,9H2,1H3. The summed E-state index contributed by atoms with van der Waals surface area (Å²) in [7, 11) is 0. The van der Waals surface area contributed by atoms with E-state index in [4.69, 9.17) is 11.6 Å². The fourth-order valence-electron chi connectivity index (χ4n) is 1.88. The van der Waals surface area contributed by atoms with Gasteiger partial charge in [0.05, 0.1) is 15.6 Å². The van der Waals surface area contributed by atoms with E-state index in [9.17, 15) is 10.1 Å². The molecule has 0 saturated carbocycles. The Hall–Kier alpha value is -2.07. The zero-order valence-electron chi connectivity index (χ0n) is 10.4. The Morgan fingerprint density at radius 2 is 1.95 bits per heavy atom. The lowest BCUT2D eigenvalue weighted by Gasteiger charge is -2.11. The minimum atomic E-state index is -0.379. The van der Waals surface area contributed by atoms with Crippen molar-refractivity contribution < 1.29 is 4.92 Å². The number of nitrogens with zero attached hydrogens (tertiary/aromatic N) is 1. The summed E-state index contributed by atoms with van der Waals surface area (Å²) < 4.78 is 0. The average molecular weight is 277 g/mol. The van der Waals surface area contributed by atoms with Gasteiger partial charge in [0.25, 0.3) is 5.69 Å². The lowest BCUT2D eigenvalue weighted by atomic mass is 10.1. The SMILES string of the molecule is Cc1cccc(Cl)c1NCc1ccccc1[N+](=O)[O-]. The van der Waals surface area contributed by atoms with Crippen LogP contribution in [0.2, 0.25) is 5.02 Å². The molecule has 2 aromatic rings. The number of hydrogen-bond acceptors (Lipinski definition) is 3. The molecule has 0 saturated heterocycles. The number of nitro benzene ring substituents is 1. The number of benzene rings is 2. The van der Waals surface area contributed by atoms with Crippen LogP contribution in [0.25, 0.3) is 0 Å². The van der Waals surface area contributed by atoms with Crippen molar-refractivity contribution in [2.24, 2.45) is 0 Å². The molecule has 0 amide bonds. The number of anilines is 1. The lowest BCUT2D eigenvalue weighted by molar-refractivity contribution is -0.385. The minimum absolute atomic E-state index is 0.111. The van der Waals surface area contributed by atoms with Gasteiger partial charge >= 0.3 is 0 Å². The van der Waals surface area contributed by atoms with E-state index in [1.165, 1.54) is 6.07 Å². The highest BCUT2D eigenvalue weighted by molar-refractivity contribution is 6.33. The summed E-state index contributed by atoms with van der Waals surface area (Å²) in [5.74, 6) is 0. The van der Waals surface area contributed by atoms with Gasteiger partial charge in [0.15, 0.2) is 0 Å². The third-order valence-electron chi connectivity index (χ3n) is 2.87. The topological polar surface area (TPSA) is 55.2 Å². The van der Waals surface area contributed by atoms with Gasteiger partial charge in [0.2, 0.25) is 0 Å². The van der Waals surface area contributed by atoms with Gasteiger partial charge in [-0.1, -0.05) is 41.9 Å². The van der Waals surface area contributed by atoms with Crippen LogP contribution < -0.4 is 5.32 Å². The molecule has 1 N–H and O–H groups in total. The molecule has 0 bridgehead atoms. The van der Waals surface area contributed by atoms with Gasteiger partial charge in [-0.05, 0) is 18.6 Å². The number of halogens is 1. The molecule has 0 fully saturated rings. The largest absolute Gasteiger partial charge is 0.379 e. The first kappa shape index (κ1) is 13.4. The van der Waals surface area contributed by atoms with Crippen LogP contribution in [0, 0.1) is 17.0 Å². The Kier molecular flexibility index (Phi) is 4.02. The first-order valence-corrected chi connectivity index (χ1v) is 6.18.